The lowest BCUT2D eigenvalue weighted by molar-refractivity contribution is 0.169. The minimum absolute atomic E-state index is 0. The van der Waals surface area contributed by atoms with Gasteiger partial charge < -0.3 is 19.5 Å². The van der Waals surface area contributed by atoms with Crippen molar-refractivity contribution in [1.82, 2.24) is 25.3 Å². The molecule has 0 atom stereocenters. The maximum absolute atomic E-state index is 5.58. The van der Waals surface area contributed by atoms with Gasteiger partial charge in [-0.1, -0.05) is 11.2 Å². The van der Waals surface area contributed by atoms with Crippen LogP contribution >= 0.6 is 24.0 Å². The number of ether oxygens (including phenoxy) is 1. The molecule has 3 rings (SSSR count). The third kappa shape index (κ3) is 6.62. The Balaban J connectivity index is 0.00000280. The third-order valence-corrected chi connectivity index (χ3v) is 4.37. The molecule has 28 heavy (non-hydrogen) atoms. The second-order valence-electron chi connectivity index (χ2n) is 6.83. The van der Waals surface area contributed by atoms with Gasteiger partial charge in [-0.05, 0) is 19.4 Å². The second kappa shape index (κ2) is 11.2. The molecule has 3 heterocycles. The van der Waals surface area contributed by atoms with Crippen molar-refractivity contribution in [2.75, 3.05) is 33.2 Å². The van der Waals surface area contributed by atoms with Crippen LogP contribution < -0.4 is 10.1 Å². The molecule has 0 spiro atoms. The summed E-state index contributed by atoms with van der Waals surface area (Å²) in [6, 6.07) is 5.85. The zero-order valence-electron chi connectivity index (χ0n) is 16.7. The Kier molecular flexibility index (Phi) is 8.97. The Bertz CT molecular complexity index is 713. The molecule has 0 amide bonds. The van der Waals surface area contributed by atoms with E-state index in [0.29, 0.717) is 12.4 Å². The van der Waals surface area contributed by atoms with E-state index >= 15 is 0 Å². The number of piperazine rings is 1. The molecule has 0 bridgehead atoms. The molecule has 1 fully saturated rings. The molecule has 0 unspecified atom stereocenters. The quantitative estimate of drug-likeness (QED) is 0.371. The first-order valence-electron chi connectivity index (χ1n) is 9.33. The summed E-state index contributed by atoms with van der Waals surface area (Å²) in [6.07, 6.45) is 3.59. The monoisotopic (exact) mass is 500 g/mol. The van der Waals surface area contributed by atoms with E-state index in [9.17, 15) is 0 Å². The Morgan fingerprint density at radius 1 is 1.25 bits per heavy atom. The highest BCUT2D eigenvalue weighted by atomic mass is 127. The molecule has 0 aliphatic carbocycles. The van der Waals surface area contributed by atoms with Gasteiger partial charge in [-0.2, -0.15) is 0 Å². The number of hydrogen-bond acceptors (Lipinski definition) is 6. The van der Waals surface area contributed by atoms with Gasteiger partial charge in [-0.15, -0.1) is 24.0 Å². The van der Waals surface area contributed by atoms with Gasteiger partial charge in [0.15, 0.2) is 5.96 Å². The molecule has 154 valence electrons. The van der Waals surface area contributed by atoms with Crippen molar-refractivity contribution in [2.24, 2.45) is 4.99 Å². The van der Waals surface area contributed by atoms with Gasteiger partial charge in [-0.25, -0.2) is 4.98 Å². The molecule has 0 saturated carbocycles. The Morgan fingerprint density at radius 2 is 2.04 bits per heavy atom. The normalized spacial score (nSPS) is 15.4. The number of hydrogen-bond donors (Lipinski definition) is 1. The largest absolute Gasteiger partial charge is 0.475 e. The molecular weight excluding hydrogens is 471 g/mol. The molecule has 1 aliphatic heterocycles. The Hall–Kier alpha value is -1.88. The highest BCUT2D eigenvalue weighted by molar-refractivity contribution is 14.0. The van der Waals surface area contributed by atoms with Crippen LogP contribution in [0, 0.1) is 0 Å². The number of nitrogens with zero attached hydrogens (tertiary/aromatic N) is 5. The summed E-state index contributed by atoms with van der Waals surface area (Å²) in [5, 5.41) is 7.41. The van der Waals surface area contributed by atoms with Crippen molar-refractivity contribution in [3.63, 3.8) is 0 Å². The number of nitrogens with one attached hydrogen (secondary N) is 1. The van der Waals surface area contributed by atoms with E-state index in [2.05, 4.69) is 30.2 Å². The van der Waals surface area contributed by atoms with Crippen molar-refractivity contribution in [2.45, 2.75) is 33.0 Å². The summed E-state index contributed by atoms with van der Waals surface area (Å²) in [6.45, 7) is 9.29. The summed E-state index contributed by atoms with van der Waals surface area (Å²) >= 11 is 0. The van der Waals surface area contributed by atoms with E-state index in [1.165, 1.54) is 0 Å². The van der Waals surface area contributed by atoms with Crippen LogP contribution in [-0.2, 0) is 13.1 Å². The summed E-state index contributed by atoms with van der Waals surface area (Å²) in [7, 11) is 1.82. The molecule has 9 heteroatoms. The van der Waals surface area contributed by atoms with E-state index in [1.807, 2.05) is 45.3 Å². The molecule has 1 saturated heterocycles. The summed E-state index contributed by atoms with van der Waals surface area (Å²) in [5.41, 5.74) is 2.07. The van der Waals surface area contributed by atoms with Gasteiger partial charge in [0.1, 0.15) is 6.26 Å². The standard InChI is InChI=1S/C19H28N6O2.HI/c1-15(2)27-18-5-4-16(12-21-18)13-22-19(20-3)25-9-7-24(8-10-25)14-17-6-11-26-23-17;/h4-6,11-12,15H,7-10,13-14H2,1-3H3,(H,20,22);1H. The second-order valence-corrected chi connectivity index (χ2v) is 6.83. The predicted octanol–water partition coefficient (Wildman–Crippen LogP) is 2.37. The lowest BCUT2D eigenvalue weighted by Gasteiger charge is -2.36. The lowest BCUT2D eigenvalue weighted by atomic mass is 10.2. The molecule has 1 N–H and O–H groups in total. The van der Waals surface area contributed by atoms with E-state index in [-0.39, 0.29) is 30.1 Å². The summed E-state index contributed by atoms with van der Waals surface area (Å²) < 4.78 is 10.5. The molecular formula is C19H29IN6O2. The van der Waals surface area contributed by atoms with Crippen molar-refractivity contribution in [3.8, 4) is 5.88 Å². The van der Waals surface area contributed by atoms with Crippen LogP contribution in [0.2, 0.25) is 0 Å². The van der Waals surface area contributed by atoms with Gasteiger partial charge in [0.05, 0.1) is 11.8 Å². The molecule has 1 aliphatic rings. The molecule has 2 aromatic rings. The van der Waals surface area contributed by atoms with Crippen LogP contribution in [-0.4, -0.2) is 65.2 Å². The smallest absolute Gasteiger partial charge is 0.213 e. The van der Waals surface area contributed by atoms with Gasteiger partial charge in [0.25, 0.3) is 0 Å². The zero-order chi connectivity index (χ0) is 19.1. The molecule has 2 aromatic heterocycles. The number of rotatable bonds is 6. The van der Waals surface area contributed by atoms with Crippen molar-refractivity contribution < 1.29 is 9.26 Å². The number of pyridine rings is 1. The van der Waals surface area contributed by atoms with Crippen LogP contribution in [0.15, 0.2) is 40.2 Å². The fourth-order valence-corrected chi connectivity index (χ4v) is 3.01. The predicted molar refractivity (Wildman–Crippen MR) is 119 cm³/mol. The Morgan fingerprint density at radius 3 is 2.61 bits per heavy atom. The topological polar surface area (TPSA) is 79.0 Å². The SMILES string of the molecule is CN=C(NCc1ccc(OC(C)C)nc1)N1CCN(Cc2ccon2)CC1.I. The summed E-state index contributed by atoms with van der Waals surface area (Å²) in [5.74, 6) is 1.57. The number of halogens is 1. The van der Waals surface area contributed by atoms with Crippen molar-refractivity contribution in [3.05, 3.63) is 41.9 Å². The van der Waals surface area contributed by atoms with Crippen LogP contribution in [0.25, 0.3) is 0 Å². The number of guanidine groups is 1. The fraction of sp³-hybridized carbons (Fsp3) is 0.526. The van der Waals surface area contributed by atoms with E-state index < -0.39 is 0 Å². The first-order valence-corrected chi connectivity index (χ1v) is 9.33. The minimum Gasteiger partial charge on any atom is -0.475 e. The van der Waals surface area contributed by atoms with Gasteiger partial charge in [0.2, 0.25) is 5.88 Å². The average molecular weight is 500 g/mol. The van der Waals surface area contributed by atoms with Crippen LogP contribution in [0.1, 0.15) is 25.1 Å². The lowest BCUT2D eigenvalue weighted by Crippen LogP contribution is -2.52. The molecule has 0 radical (unpaired) electrons. The highest BCUT2D eigenvalue weighted by Gasteiger charge is 2.20. The minimum atomic E-state index is 0. The van der Waals surface area contributed by atoms with Crippen LogP contribution in [0.5, 0.6) is 5.88 Å². The number of aromatic nitrogens is 2. The van der Waals surface area contributed by atoms with Gasteiger partial charge >= 0.3 is 0 Å². The highest BCUT2D eigenvalue weighted by Crippen LogP contribution is 2.10. The first kappa shape index (κ1) is 22.4. The maximum Gasteiger partial charge on any atom is 0.213 e. The van der Waals surface area contributed by atoms with Crippen LogP contribution in [0.4, 0.5) is 0 Å². The van der Waals surface area contributed by atoms with Crippen molar-refractivity contribution in [1.29, 1.82) is 0 Å². The fourth-order valence-electron chi connectivity index (χ4n) is 3.01. The van der Waals surface area contributed by atoms with Gasteiger partial charge in [-0.3, -0.25) is 9.89 Å². The first-order chi connectivity index (χ1) is 13.1. The Labute approximate surface area is 183 Å². The summed E-state index contributed by atoms with van der Waals surface area (Å²) in [4.78, 5) is 13.4. The zero-order valence-corrected chi connectivity index (χ0v) is 19.0. The van der Waals surface area contributed by atoms with E-state index in [4.69, 9.17) is 9.26 Å². The maximum atomic E-state index is 5.58. The third-order valence-electron chi connectivity index (χ3n) is 4.37. The molecule has 8 nitrogen and oxygen atoms in total. The van der Waals surface area contributed by atoms with Crippen molar-refractivity contribution >= 4 is 29.9 Å². The average Bonchev–Trinajstić information content (AvgIpc) is 3.17. The molecule has 0 aromatic carbocycles. The number of aliphatic imine (C=N–C) groups is 1. The van der Waals surface area contributed by atoms with Gasteiger partial charge in [0, 0.05) is 64.6 Å². The van der Waals surface area contributed by atoms with E-state index in [1.54, 1.807) is 6.26 Å². The van der Waals surface area contributed by atoms with Crippen LogP contribution in [0.3, 0.4) is 0 Å². The van der Waals surface area contributed by atoms with E-state index in [0.717, 1.165) is 49.9 Å².